The van der Waals surface area contributed by atoms with E-state index in [1.165, 1.54) is 24.0 Å². The maximum Gasteiger partial charge on any atom is 0.345 e. The fourth-order valence-corrected chi connectivity index (χ4v) is 3.64. The summed E-state index contributed by atoms with van der Waals surface area (Å²) in [7, 11) is 0. The van der Waals surface area contributed by atoms with Gasteiger partial charge in [-0.05, 0) is 17.4 Å². The van der Waals surface area contributed by atoms with Gasteiger partial charge in [0, 0.05) is 10.3 Å². The lowest BCUT2D eigenvalue weighted by molar-refractivity contribution is -0.380. The van der Waals surface area contributed by atoms with Crippen molar-refractivity contribution < 1.29 is 14.8 Å². The molecule has 0 fully saturated rings. The molecule has 9 heteroatoms. The summed E-state index contributed by atoms with van der Waals surface area (Å²) in [5.74, 6) is -0.980. The summed E-state index contributed by atoms with van der Waals surface area (Å²) in [4.78, 5) is 25.4. The van der Waals surface area contributed by atoms with E-state index in [-0.39, 0.29) is 9.88 Å². The van der Waals surface area contributed by atoms with Crippen molar-refractivity contribution in [2.75, 3.05) is 0 Å². The summed E-state index contributed by atoms with van der Waals surface area (Å²) in [6, 6.07) is 1.52. The number of thiazole rings is 1. The molecule has 0 spiro atoms. The van der Waals surface area contributed by atoms with E-state index in [2.05, 4.69) is 4.98 Å². The van der Waals surface area contributed by atoms with Crippen molar-refractivity contribution in [2.45, 2.75) is 9.24 Å². The second-order valence-corrected chi connectivity index (χ2v) is 6.02. The number of aromatic nitrogens is 1. The van der Waals surface area contributed by atoms with Crippen molar-refractivity contribution in [2.24, 2.45) is 0 Å². The lowest BCUT2D eigenvalue weighted by Gasteiger charge is -1.89. The normalized spacial score (nSPS) is 10.4. The van der Waals surface area contributed by atoms with Crippen LogP contribution in [0.15, 0.2) is 26.9 Å². The smallest absolute Gasteiger partial charge is 0.345 e. The molecule has 0 amide bonds. The van der Waals surface area contributed by atoms with E-state index >= 15 is 0 Å². The van der Waals surface area contributed by atoms with Crippen LogP contribution < -0.4 is 0 Å². The van der Waals surface area contributed by atoms with Crippen LogP contribution in [0.4, 0.5) is 5.00 Å². The van der Waals surface area contributed by atoms with Gasteiger partial charge < -0.3 is 5.11 Å². The molecule has 2 aromatic rings. The minimum absolute atomic E-state index is 0.0267. The molecule has 6 nitrogen and oxygen atoms in total. The third kappa shape index (κ3) is 2.81. The van der Waals surface area contributed by atoms with Gasteiger partial charge in [0.15, 0.2) is 4.34 Å². The molecule has 0 aliphatic carbocycles. The molecule has 2 heterocycles. The summed E-state index contributed by atoms with van der Waals surface area (Å²) in [5.41, 5.74) is 0. The van der Waals surface area contributed by atoms with E-state index < -0.39 is 10.9 Å². The van der Waals surface area contributed by atoms with Crippen LogP contribution in [-0.4, -0.2) is 21.0 Å². The molecule has 0 aromatic carbocycles. The second-order valence-electron chi connectivity index (χ2n) is 2.78. The molecular formula is C8H4N2O4S3. The summed E-state index contributed by atoms with van der Waals surface area (Å²) in [6.07, 6.45) is 1.19. The Bertz CT molecular complexity index is 527. The number of nitrogens with zero attached hydrogens (tertiary/aromatic N) is 2. The number of carbonyl (C=O) groups is 1. The number of hydrogen-bond acceptors (Lipinski definition) is 7. The van der Waals surface area contributed by atoms with Crippen LogP contribution in [0.25, 0.3) is 0 Å². The van der Waals surface area contributed by atoms with E-state index in [1.54, 1.807) is 5.38 Å². The topological polar surface area (TPSA) is 93.3 Å². The zero-order chi connectivity index (χ0) is 12.4. The second kappa shape index (κ2) is 4.82. The van der Waals surface area contributed by atoms with Gasteiger partial charge in [0.1, 0.15) is 11.1 Å². The summed E-state index contributed by atoms with van der Waals surface area (Å²) < 4.78 is 0.520. The monoisotopic (exact) mass is 288 g/mol. The van der Waals surface area contributed by atoms with Crippen molar-refractivity contribution in [3.05, 3.63) is 32.6 Å². The average molecular weight is 288 g/mol. The zero-order valence-corrected chi connectivity index (χ0v) is 10.5. The Morgan fingerprint density at radius 1 is 1.59 bits per heavy atom. The van der Waals surface area contributed by atoms with Crippen LogP contribution in [0.1, 0.15) is 9.67 Å². The number of hydrogen-bond donors (Lipinski definition) is 1. The standard InChI is InChI=1S/C8H4N2O4S3/c11-7(12)5-1-4(3-15-5)16-8-9-2-6(17-8)10(13)14/h1-3H,(H,11,12). The first kappa shape index (κ1) is 12.0. The highest BCUT2D eigenvalue weighted by Gasteiger charge is 2.14. The van der Waals surface area contributed by atoms with Crippen molar-refractivity contribution in [3.63, 3.8) is 0 Å². The molecule has 0 saturated carbocycles. The molecule has 0 unspecified atom stereocenters. The van der Waals surface area contributed by atoms with E-state index in [9.17, 15) is 14.9 Å². The Hall–Kier alpha value is -1.45. The fraction of sp³-hybridized carbons (Fsp3) is 0. The molecule has 1 N–H and O–H groups in total. The number of aromatic carboxylic acids is 1. The number of rotatable bonds is 4. The van der Waals surface area contributed by atoms with Crippen molar-refractivity contribution >= 4 is 45.4 Å². The Morgan fingerprint density at radius 2 is 2.35 bits per heavy atom. The van der Waals surface area contributed by atoms with Crippen LogP contribution in [0, 0.1) is 10.1 Å². The Labute approximate surface area is 107 Å². The van der Waals surface area contributed by atoms with Crippen molar-refractivity contribution in [3.8, 4) is 0 Å². The van der Waals surface area contributed by atoms with Gasteiger partial charge in [-0.2, -0.15) is 0 Å². The van der Waals surface area contributed by atoms with Gasteiger partial charge in [0.05, 0.1) is 4.92 Å². The number of carboxylic acid groups (broad SMARTS) is 1. The molecule has 88 valence electrons. The molecule has 0 saturated heterocycles. The molecule has 0 aliphatic rings. The maximum atomic E-state index is 10.7. The predicted molar refractivity (Wildman–Crippen MR) is 64.2 cm³/mol. The van der Waals surface area contributed by atoms with E-state index in [0.29, 0.717) is 4.34 Å². The predicted octanol–water partition coefficient (Wildman–Crippen LogP) is 2.96. The quantitative estimate of drug-likeness (QED) is 0.686. The number of carboxylic acids is 1. The van der Waals surface area contributed by atoms with Gasteiger partial charge in [-0.25, -0.2) is 9.78 Å². The first-order valence-electron chi connectivity index (χ1n) is 4.16. The average Bonchev–Trinajstić information content (AvgIpc) is 2.87. The van der Waals surface area contributed by atoms with Crippen LogP contribution in [0.3, 0.4) is 0 Å². The SMILES string of the molecule is O=C(O)c1cc(Sc2ncc([N+](=O)[O-])s2)cs1. The van der Waals surface area contributed by atoms with Crippen LogP contribution in [-0.2, 0) is 0 Å². The van der Waals surface area contributed by atoms with Gasteiger partial charge >= 0.3 is 11.0 Å². The molecule has 0 aliphatic heterocycles. The largest absolute Gasteiger partial charge is 0.477 e. The van der Waals surface area contributed by atoms with Gasteiger partial charge in [0.2, 0.25) is 0 Å². The third-order valence-electron chi connectivity index (χ3n) is 1.64. The molecule has 0 radical (unpaired) electrons. The Morgan fingerprint density at radius 3 is 2.88 bits per heavy atom. The van der Waals surface area contributed by atoms with Crippen LogP contribution >= 0.6 is 34.4 Å². The van der Waals surface area contributed by atoms with Crippen molar-refractivity contribution in [1.82, 2.24) is 4.98 Å². The first-order valence-corrected chi connectivity index (χ1v) is 6.67. The Kier molecular flexibility index (Phi) is 3.41. The highest BCUT2D eigenvalue weighted by atomic mass is 32.2. The number of nitro groups is 1. The minimum atomic E-state index is -0.980. The highest BCUT2D eigenvalue weighted by molar-refractivity contribution is 8.01. The summed E-state index contributed by atoms with van der Waals surface area (Å²) in [6.45, 7) is 0. The van der Waals surface area contributed by atoms with Crippen LogP contribution in [0.2, 0.25) is 0 Å². The zero-order valence-electron chi connectivity index (χ0n) is 8.02. The lowest BCUT2D eigenvalue weighted by Crippen LogP contribution is -1.89. The van der Waals surface area contributed by atoms with Gasteiger partial charge in [-0.15, -0.1) is 11.3 Å². The molecular weight excluding hydrogens is 284 g/mol. The summed E-state index contributed by atoms with van der Waals surface area (Å²) in [5, 5.41) is 20.8. The number of thiophene rings is 1. The maximum absolute atomic E-state index is 10.7. The summed E-state index contributed by atoms with van der Waals surface area (Å²) >= 11 is 3.29. The van der Waals surface area contributed by atoms with E-state index in [1.807, 2.05) is 0 Å². The van der Waals surface area contributed by atoms with Crippen molar-refractivity contribution in [1.29, 1.82) is 0 Å². The van der Waals surface area contributed by atoms with Gasteiger partial charge in [-0.1, -0.05) is 11.8 Å². The lowest BCUT2D eigenvalue weighted by atomic mass is 10.5. The molecule has 2 aromatic heterocycles. The first-order chi connectivity index (χ1) is 8.06. The van der Waals surface area contributed by atoms with E-state index in [4.69, 9.17) is 5.11 Å². The van der Waals surface area contributed by atoms with Gasteiger partial charge in [-0.3, -0.25) is 10.1 Å². The molecule has 17 heavy (non-hydrogen) atoms. The minimum Gasteiger partial charge on any atom is -0.477 e. The van der Waals surface area contributed by atoms with E-state index in [0.717, 1.165) is 27.6 Å². The third-order valence-corrected chi connectivity index (χ3v) is 4.71. The molecule has 0 atom stereocenters. The molecule has 0 bridgehead atoms. The Balaban J connectivity index is 2.13. The fourth-order valence-electron chi connectivity index (χ4n) is 0.967. The highest BCUT2D eigenvalue weighted by Crippen LogP contribution is 2.36. The van der Waals surface area contributed by atoms with Gasteiger partial charge in [0.25, 0.3) is 0 Å². The van der Waals surface area contributed by atoms with Crippen LogP contribution in [0.5, 0.6) is 0 Å². The molecule has 2 rings (SSSR count).